The predicted molar refractivity (Wildman–Crippen MR) is 127 cm³/mol. The lowest BCUT2D eigenvalue weighted by Crippen LogP contribution is -2.71. The zero-order chi connectivity index (χ0) is 22.6. The highest BCUT2D eigenvalue weighted by molar-refractivity contribution is 5.79. The number of amides is 1. The first-order valence-corrected chi connectivity index (χ1v) is 12.5. The maximum atomic E-state index is 13.7. The van der Waals surface area contributed by atoms with Crippen molar-refractivity contribution in [3.63, 3.8) is 0 Å². The lowest BCUT2D eigenvalue weighted by Gasteiger charge is -2.61. The van der Waals surface area contributed by atoms with E-state index in [4.69, 9.17) is 4.74 Å². The van der Waals surface area contributed by atoms with E-state index in [9.17, 15) is 9.90 Å². The summed E-state index contributed by atoms with van der Waals surface area (Å²) in [6.45, 7) is 3.23. The monoisotopic (exact) mass is 446 g/mol. The number of ether oxygens (including phenoxy) is 1. The van der Waals surface area contributed by atoms with Crippen LogP contribution in [0.3, 0.4) is 0 Å². The molecule has 5 heteroatoms. The summed E-state index contributed by atoms with van der Waals surface area (Å²) in [4.78, 5) is 18.2. The molecule has 2 bridgehead atoms. The molecule has 2 aromatic rings. The number of rotatable bonds is 5. The Kier molecular flexibility index (Phi) is 5.04. The third-order valence-corrected chi connectivity index (χ3v) is 8.87. The van der Waals surface area contributed by atoms with Gasteiger partial charge in [0.05, 0.1) is 12.7 Å². The minimum Gasteiger partial charge on any atom is -0.497 e. The van der Waals surface area contributed by atoms with Crippen LogP contribution in [0.4, 0.5) is 0 Å². The van der Waals surface area contributed by atoms with Gasteiger partial charge in [0.25, 0.3) is 0 Å². The van der Waals surface area contributed by atoms with Gasteiger partial charge in [0.2, 0.25) is 5.91 Å². The lowest BCUT2D eigenvalue weighted by atomic mass is 9.52. The zero-order valence-electron chi connectivity index (χ0n) is 19.5. The van der Waals surface area contributed by atoms with Crippen molar-refractivity contribution in [3.8, 4) is 5.75 Å². The van der Waals surface area contributed by atoms with Crippen molar-refractivity contribution in [1.29, 1.82) is 0 Å². The number of aliphatic hydroxyl groups is 1. The summed E-state index contributed by atoms with van der Waals surface area (Å²) in [6, 6.07) is 16.6. The number of carbonyl (C=O) groups excluding carboxylic acids is 1. The number of nitrogens with zero attached hydrogens (tertiary/aromatic N) is 2. The maximum Gasteiger partial charge on any atom is 0.223 e. The third-order valence-electron chi connectivity index (χ3n) is 8.87. The van der Waals surface area contributed by atoms with Crippen LogP contribution in [0.15, 0.2) is 48.5 Å². The van der Waals surface area contributed by atoms with E-state index < -0.39 is 11.0 Å². The van der Waals surface area contributed by atoms with E-state index in [2.05, 4.69) is 29.2 Å². The Morgan fingerprint density at radius 1 is 1.09 bits per heavy atom. The molecule has 33 heavy (non-hydrogen) atoms. The second kappa shape index (κ2) is 7.85. The van der Waals surface area contributed by atoms with Crippen molar-refractivity contribution in [2.75, 3.05) is 26.7 Å². The molecule has 2 aliphatic carbocycles. The minimum absolute atomic E-state index is 0.0669. The Morgan fingerprint density at radius 3 is 2.67 bits per heavy atom. The molecule has 0 aromatic heterocycles. The number of fused-ring (bicyclic) bond motifs is 1. The molecule has 0 unspecified atom stereocenters. The SMILES string of the molecule is COc1ccc2c(c1)[C@]13CCN(CC4CC4)[C@H](C2)[C@]1(O)CCN(Cc1ccccc1)C(=O)C3. The molecule has 0 radical (unpaired) electrons. The average Bonchev–Trinajstić information content (AvgIpc) is 3.65. The molecule has 1 amide bonds. The van der Waals surface area contributed by atoms with Crippen molar-refractivity contribution >= 4 is 5.91 Å². The third kappa shape index (κ3) is 3.39. The number of likely N-dealkylation sites (tertiary alicyclic amines) is 2. The van der Waals surface area contributed by atoms with Crippen LogP contribution in [-0.2, 0) is 23.2 Å². The topological polar surface area (TPSA) is 53.0 Å². The standard InChI is InChI=1S/C28H34N2O3/c1-33-23-10-9-22-15-25-28(32)12-14-30(19-20-5-3-2-4-6-20)26(31)17-27(28,24(22)16-23)11-13-29(25)18-21-7-8-21/h2-6,9-10,16,21,25,32H,7-8,11-15,17-19H2,1H3/t25-,27-,28-/m1/s1. The molecule has 4 aliphatic rings. The van der Waals surface area contributed by atoms with Crippen molar-refractivity contribution in [3.05, 3.63) is 65.2 Å². The van der Waals surface area contributed by atoms with Crippen molar-refractivity contribution in [2.24, 2.45) is 5.92 Å². The van der Waals surface area contributed by atoms with Crippen LogP contribution in [0.1, 0.15) is 48.8 Å². The van der Waals surface area contributed by atoms with Gasteiger partial charge in [-0.25, -0.2) is 0 Å². The number of hydrogen-bond donors (Lipinski definition) is 1. The normalized spacial score (nSPS) is 31.5. The molecule has 3 fully saturated rings. The molecule has 2 saturated heterocycles. The van der Waals surface area contributed by atoms with E-state index in [-0.39, 0.29) is 11.9 Å². The zero-order valence-corrected chi connectivity index (χ0v) is 19.5. The highest BCUT2D eigenvalue weighted by Crippen LogP contribution is 2.57. The molecule has 6 rings (SSSR count). The van der Waals surface area contributed by atoms with E-state index >= 15 is 0 Å². The fraction of sp³-hybridized carbons (Fsp3) is 0.536. The van der Waals surface area contributed by atoms with Crippen LogP contribution in [0.5, 0.6) is 5.75 Å². The van der Waals surface area contributed by atoms with Gasteiger partial charge in [-0.3, -0.25) is 9.69 Å². The summed E-state index contributed by atoms with van der Waals surface area (Å²) in [7, 11) is 1.69. The van der Waals surface area contributed by atoms with Gasteiger partial charge in [-0.2, -0.15) is 0 Å². The van der Waals surface area contributed by atoms with Crippen LogP contribution >= 0.6 is 0 Å². The second-order valence-corrected chi connectivity index (χ2v) is 10.7. The number of hydrogen-bond acceptors (Lipinski definition) is 4. The first-order chi connectivity index (χ1) is 16.0. The molecule has 3 atom stereocenters. The quantitative estimate of drug-likeness (QED) is 0.764. The summed E-state index contributed by atoms with van der Waals surface area (Å²) in [5.41, 5.74) is 2.08. The first-order valence-electron chi connectivity index (χ1n) is 12.5. The fourth-order valence-corrected chi connectivity index (χ4v) is 6.87. The van der Waals surface area contributed by atoms with Gasteiger partial charge in [0.1, 0.15) is 5.75 Å². The minimum atomic E-state index is -0.916. The molecule has 2 heterocycles. The largest absolute Gasteiger partial charge is 0.497 e. The smallest absolute Gasteiger partial charge is 0.223 e. The predicted octanol–water partition coefficient (Wildman–Crippen LogP) is 3.53. The number of piperidine rings is 1. The van der Waals surface area contributed by atoms with Gasteiger partial charge in [-0.1, -0.05) is 36.4 Å². The molecule has 1 saturated carbocycles. The molecule has 2 aromatic carbocycles. The van der Waals surface area contributed by atoms with E-state index in [0.717, 1.165) is 48.7 Å². The summed E-state index contributed by atoms with van der Waals surface area (Å²) in [5.74, 6) is 1.74. The Hall–Kier alpha value is -2.37. The van der Waals surface area contributed by atoms with Gasteiger partial charge < -0.3 is 14.7 Å². The first kappa shape index (κ1) is 21.2. The van der Waals surface area contributed by atoms with Gasteiger partial charge >= 0.3 is 0 Å². The fourth-order valence-electron chi connectivity index (χ4n) is 6.87. The molecule has 2 aliphatic heterocycles. The van der Waals surface area contributed by atoms with E-state index in [1.165, 1.54) is 18.4 Å². The van der Waals surface area contributed by atoms with Gasteiger partial charge in [0, 0.05) is 37.5 Å². The summed E-state index contributed by atoms with van der Waals surface area (Å²) < 4.78 is 5.58. The van der Waals surface area contributed by atoms with Crippen molar-refractivity contribution in [1.82, 2.24) is 9.80 Å². The highest BCUT2D eigenvalue weighted by Gasteiger charge is 2.64. The van der Waals surface area contributed by atoms with Gasteiger partial charge in [-0.05, 0) is 73.4 Å². The van der Waals surface area contributed by atoms with E-state index in [0.29, 0.717) is 25.9 Å². The van der Waals surface area contributed by atoms with Crippen LogP contribution < -0.4 is 4.74 Å². The number of benzene rings is 2. The Bertz CT molecular complexity index is 1050. The Balaban J connectivity index is 1.42. The van der Waals surface area contributed by atoms with Gasteiger partial charge in [-0.15, -0.1) is 0 Å². The van der Waals surface area contributed by atoms with Crippen molar-refractivity contribution < 1.29 is 14.6 Å². The van der Waals surface area contributed by atoms with Crippen LogP contribution in [0.25, 0.3) is 0 Å². The summed E-state index contributed by atoms with van der Waals surface area (Å²) in [5, 5.41) is 12.6. The second-order valence-electron chi connectivity index (χ2n) is 10.7. The van der Waals surface area contributed by atoms with Crippen LogP contribution in [0.2, 0.25) is 0 Å². The molecular formula is C28H34N2O3. The molecule has 0 spiro atoms. The van der Waals surface area contributed by atoms with Gasteiger partial charge in [0.15, 0.2) is 0 Å². The number of carbonyl (C=O) groups is 1. The lowest BCUT2D eigenvalue weighted by molar-refractivity contribution is -0.153. The van der Waals surface area contributed by atoms with Crippen LogP contribution in [0, 0.1) is 5.92 Å². The highest BCUT2D eigenvalue weighted by atomic mass is 16.5. The van der Waals surface area contributed by atoms with Crippen molar-refractivity contribution in [2.45, 2.75) is 62.1 Å². The molecular weight excluding hydrogens is 412 g/mol. The summed E-state index contributed by atoms with van der Waals surface area (Å²) >= 11 is 0. The van der Waals surface area contributed by atoms with E-state index in [1.54, 1.807) is 7.11 Å². The Labute approximate surface area is 196 Å². The number of methoxy groups -OCH3 is 1. The average molecular weight is 447 g/mol. The Morgan fingerprint density at radius 2 is 1.91 bits per heavy atom. The molecule has 5 nitrogen and oxygen atoms in total. The molecule has 1 N–H and O–H groups in total. The molecule has 174 valence electrons. The maximum absolute atomic E-state index is 13.7. The summed E-state index contributed by atoms with van der Waals surface area (Å²) in [6.07, 6.45) is 5.27. The van der Waals surface area contributed by atoms with E-state index in [1.807, 2.05) is 29.2 Å². The van der Waals surface area contributed by atoms with Crippen LogP contribution in [-0.4, -0.2) is 59.2 Å².